The van der Waals surface area contributed by atoms with E-state index in [2.05, 4.69) is 4.98 Å². The first-order chi connectivity index (χ1) is 5.70. The quantitative estimate of drug-likeness (QED) is 0.676. The van der Waals surface area contributed by atoms with Crippen LogP contribution < -0.4 is 4.74 Å². The zero-order valence-corrected chi connectivity index (χ0v) is 7.52. The van der Waals surface area contributed by atoms with Crippen molar-refractivity contribution in [3.63, 3.8) is 0 Å². The van der Waals surface area contributed by atoms with Crippen molar-refractivity contribution in [1.29, 1.82) is 0 Å². The second kappa shape index (κ2) is 3.52. The highest BCUT2D eigenvalue weighted by Crippen LogP contribution is 2.21. The molecular weight excluding hydrogens is 157 g/mol. The van der Waals surface area contributed by atoms with Gasteiger partial charge in [-0.15, -0.1) is 0 Å². The number of ether oxygens (including phenoxy) is 1. The number of halogens is 1. The van der Waals surface area contributed by atoms with Gasteiger partial charge in [-0.3, -0.25) is 0 Å². The third-order valence-electron chi connectivity index (χ3n) is 1.91. The van der Waals surface area contributed by atoms with Crippen molar-refractivity contribution in [1.82, 2.24) is 4.98 Å². The summed E-state index contributed by atoms with van der Waals surface area (Å²) in [5.41, 5.74) is 1.47. The molecule has 1 aromatic heterocycles. The molecule has 0 fully saturated rings. The first-order valence-electron chi connectivity index (χ1n) is 3.88. The molecule has 12 heavy (non-hydrogen) atoms. The van der Waals surface area contributed by atoms with Crippen LogP contribution >= 0.6 is 0 Å². The van der Waals surface area contributed by atoms with E-state index >= 15 is 0 Å². The fourth-order valence-electron chi connectivity index (χ4n) is 1.19. The standard InChI is InChI=1S/C9H12FNO/c1-4-7-6(2)8(10)5-11-9(7)12-3/h5H,4H2,1-3H3. The normalized spacial score (nSPS) is 10.0. The zero-order valence-electron chi connectivity index (χ0n) is 7.52. The highest BCUT2D eigenvalue weighted by Gasteiger charge is 2.09. The number of rotatable bonds is 2. The van der Waals surface area contributed by atoms with Crippen LogP contribution in [0.1, 0.15) is 18.1 Å². The predicted molar refractivity (Wildman–Crippen MR) is 44.9 cm³/mol. The van der Waals surface area contributed by atoms with Crippen LogP contribution in [0.3, 0.4) is 0 Å². The molecule has 1 heterocycles. The smallest absolute Gasteiger partial charge is 0.216 e. The van der Waals surface area contributed by atoms with E-state index in [4.69, 9.17) is 4.74 Å². The maximum Gasteiger partial charge on any atom is 0.216 e. The Labute approximate surface area is 71.4 Å². The highest BCUT2D eigenvalue weighted by atomic mass is 19.1. The summed E-state index contributed by atoms with van der Waals surface area (Å²) in [5.74, 6) is 0.254. The maximum absolute atomic E-state index is 13.0. The van der Waals surface area contributed by atoms with Crippen molar-refractivity contribution in [2.24, 2.45) is 0 Å². The fraction of sp³-hybridized carbons (Fsp3) is 0.444. The minimum absolute atomic E-state index is 0.271. The van der Waals surface area contributed by atoms with Crippen LogP contribution in [0, 0.1) is 12.7 Å². The van der Waals surface area contributed by atoms with Gasteiger partial charge in [0.25, 0.3) is 0 Å². The van der Waals surface area contributed by atoms with E-state index in [1.807, 2.05) is 6.92 Å². The van der Waals surface area contributed by atoms with Crippen LogP contribution in [0.5, 0.6) is 5.88 Å². The molecule has 3 heteroatoms. The summed E-state index contributed by atoms with van der Waals surface area (Å²) in [6.07, 6.45) is 1.92. The molecule has 0 unspecified atom stereocenters. The molecule has 0 saturated carbocycles. The zero-order chi connectivity index (χ0) is 9.14. The predicted octanol–water partition coefficient (Wildman–Crippen LogP) is 2.10. The molecular formula is C9H12FNO. The van der Waals surface area contributed by atoms with Crippen LogP contribution in [0.15, 0.2) is 6.20 Å². The number of nitrogens with zero attached hydrogens (tertiary/aromatic N) is 1. The lowest BCUT2D eigenvalue weighted by Crippen LogP contribution is -1.99. The van der Waals surface area contributed by atoms with E-state index in [0.29, 0.717) is 11.4 Å². The summed E-state index contributed by atoms with van der Waals surface area (Å²) in [6, 6.07) is 0. The van der Waals surface area contributed by atoms with Crippen LogP contribution in [-0.4, -0.2) is 12.1 Å². The highest BCUT2D eigenvalue weighted by molar-refractivity contribution is 5.34. The average Bonchev–Trinajstić information content (AvgIpc) is 2.09. The summed E-state index contributed by atoms with van der Waals surface area (Å²) >= 11 is 0. The second-order valence-corrected chi connectivity index (χ2v) is 2.57. The van der Waals surface area contributed by atoms with Crippen molar-refractivity contribution in [2.45, 2.75) is 20.3 Å². The van der Waals surface area contributed by atoms with E-state index in [0.717, 1.165) is 12.0 Å². The molecule has 1 rings (SSSR count). The maximum atomic E-state index is 13.0. The summed E-state index contributed by atoms with van der Waals surface area (Å²) in [6.45, 7) is 3.68. The Morgan fingerprint density at radius 1 is 1.58 bits per heavy atom. The molecule has 0 aliphatic heterocycles. The lowest BCUT2D eigenvalue weighted by atomic mass is 10.1. The van der Waals surface area contributed by atoms with Crippen molar-refractivity contribution >= 4 is 0 Å². The molecule has 0 aliphatic carbocycles. The van der Waals surface area contributed by atoms with Crippen LogP contribution in [0.2, 0.25) is 0 Å². The molecule has 0 aliphatic rings. The SMILES string of the molecule is CCc1c(OC)ncc(F)c1C. The van der Waals surface area contributed by atoms with Gasteiger partial charge in [0.15, 0.2) is 0 Å². The largest absolute Gasteiger partial charge is 0.481 e. The Kier molecular flexibility index (Phi) is 2.63. The molecule has 2 nitrogen and oxygen atoms in total. The van der Waals surface area contributed by atoms with Crippen LogP contribution in [-0.2, 0) is 6.42 Å². The number of hydrogen-bond acceptors (Lipinski definition) is 2. The van der Waals surface area contributed by atoms with Gasteiger partial charge in [0.1, 0.15) is 5.82 Å². The third kappa shape index (κ3) is 1.40. The van der Waals surface area contributed by atoms with Crippen LogP contribution in [0.25, 0.3) is 0 Å². The van der Waals surface area contributed by atoms with Gasteiger partial charge >= 0.3 is 0 Å². The summed E-state index contributed by atoms with van der Waals surface area (Å²) in [4.78, 5) is 3.83. The molecule has 0 atom stereocenters. The molecule has 1 aromatic rings. The Morgan fingerprint density at radius 3 is 2.75 bits per heavy atom. The van der Waals surface area contributed by atoms with Gasteiger partial charge in [0.2, 0.25) is 5.88 Å². The first-order valence-corrected chi connectivity index (χ1v) is 3.88. The second-order valence-electron chi connectivity index (χ2n) is 2.57. The van der Waals surface area contributed by atoms with Crippen LogP contribution in [0.4, 0.5) is 4.39 Å². The Balaban J connectivity index is 3.25. The summed E-state index contributed by atoms with van der Waals surface area (Å²) in [5, 5.41) is 0. The molecule has 0 aromatic carbocycles. The average molecular weight is 169 g/mol. The van der Waals surface area contributed by atoms with Gasteiger partial charge in [0.05, 0.1) is 13.3 Å². The van der Waals surface area contributed by atoms with Gasteiger partial charge in [0, 0.05) is 5.56 Å². The minimum Gasteiger partial charge on any atom is -0.481 e. The lowest BCUT2D eigenvalue weighted by Gasteiger charge is -2.08. The number of methoxy groups -OCH3 is 1. The molecule has 0 bridgehead atoms. The summed E-state index contributed by atoms with van der Waals surface area (Å²) < 4.78 is 18.0. The van der Waals surface area contributed by atoms with E-state index in [9.17, 15) is 4.39 Å². The van der Waals surface area contributed by atoms with Crippen molar-refractivity contribution in [3.05, 3.63) is 23.1 Å². The monoisotopic (exact) mass is 169 g/mol. The third-order valence-corrected chi connectivity index (χ3v) is 1.91. The van der Waals surface area contributed by atoms with Gasteiger partial charge < -0.3 is 4.74 Å². The molecule has 0 N–H and O–H groups in total. The van der Waals surface area contributed by atoms with Gasteiger partial charge in [-0.2, -0.15) is 0 Å². The fourth-order valence-corrected chi connectivity index (χ4v) is 1.19. The molecule has 0 spiro atoms. The minimum atomic E-state index is -0.271. The summed E-state index contributed by atoms with van der Waals surface area (Å²) in [7, 11) is 1.54. The number of pyridine rings is 1. The molecule has 0 saturated heterocycles. The lowest BCUT2D eigenvalue weighted by molar-refractivity contribution is 0.389. The Bertz CT molecular complexity index is 286. The topological polar surface area (TPSA) is 22.1 Å². The van der Waals surface area contributed by atoms with Gasteiger partial charge in [-0.25, -0.2) is 9.37 Å². The van der Waals surface area contributed by atoms with Crippen molar-refractivity contribution in [3.8, 4) is 5.88 Å². The number of hydrogen-bond donors (Lipinski definition) is 0. The van der Waals surface area contributed by atoms with E-state index < -0.39 is 0 Å². The Morgan fingerprint density at radius 2 is 2.25 bits per heavy atom. The van der Waals surface area contributed by atoms with E-state index in [-0.39, 0.29) is 5.82 Å². The van der Waals surface area contributed by atoms with Gasteiger partial charge in [-0.1, -0.05) is 6.92 Å². The molecule has 0 radical (unpaired) electrons. The molecule has 0 amide bonds. The van der Waals surface area contributed by atoms with E-state index in [1.54, 1.807) is 14.0 Å². The molecule has 66 valence electrons. The number of aromatic nitrogens is 1. The first kappa shape index (κ1) is 8.97. The van der Waals surface area contributed by atoms with E-state index in [1.165, 1.54) is 6.20 Å². The van der Waals surface area contributed by atoms with Crippen molar-refractivity contribution < 1.29 is 9.13 Å². The Hall–Kier alpha value is -1.12. The van der Waals surface area contributed by atoms with Crippen molar-refractivity contribution in [2.75, 3.05) is 7.11 Å². The van der Waals surface area contributed by atoms with Gasteiger partial charge in [-0.05, 0) is 18.9 Å².